The molecule has 6 nitrogen and oxygen atoms in total. The van der Waals surface area contributed by atoms with Crippen molar-refractivity contribution < 1.29 is 13.9 Å². The molecule has 0 aliphatic carbocycles. The van der Waals surface area contributed by atoms with E-state index in [0.29, 0.717) is 18.7 Å². The van der Waals surface area contributed by atoms with E-state index in [-0.39, 0.29) is 23.8 Å². The molecule has 1 atom stereocenters. The van der Waals surface area contributed by atoms with Crippen molar-refractivity contribution in [1.29, 1.82) is 0 Å². The van der Waals surface area contributed by atoms with Crippen LogP contribution in [0.15, 0.2) is 41.5 Å². The van der Waals surface area contributed by atoms with Crippen molar-refractivity contribution in [2.24, 2.45) is 0 Å². The smallest absolute Gasteiger partial charge is 0.260 e. The molecular formula is C17H20FN3O3. The monoisotopic (exact) mass is 333 g/mol. The van der Waals surface area contributed by atoms with Gasteiger partial charge in [0.05, 0.1) is 6.33 Å². The Morgan fingerprint density at radius 2 is 2.08 bits per heavy atom. The third-order valence-electron chi connectivity index (χ3n) is 3.45. The van der Waals surface area contributed by atoms with Crippen molar-refractivity contribution >= 4 is 5.91 Å². The molecule has 0 aliphatic rings. The lowest BCUT2D eigenvalue weighted by molar-refractivity contribution is -0.127. The largest absolute Gasteiger partial charge is 0.481 e. The Morgan fingerprint density at radius 1 is 1.38 bits per heavy atom. The van der Waals surface area contributed by atoms with Crippen molar-refractivity contribution in [3.8, 4) is 5.75 Å². The van der Waals surface area contributed by atoms with Crippen LogP contribution in [0.1, 0.15) is 19.5 Å². The molecule has 1 aromatic heterocycles. The number of nitrogens with zero attached hydrogens (tertiary/aromatic N) is 2. The molecule has 128 valence electrons. The fourth-order valence-corrected chi connectivity index (χ4v) is 2.04. The maximum atomic E-state index is 12.8. The van der Waals surface area contributed by atoms with Crippen molar-refractivity contribution in [1.82, 2.24) is 14.9 Å². The number of rotatable bonds is 7. The number of aromatic nitrogens is 2. The Kier molecular flexibility index (Phi) is 6.06. The number of hydrogen-bond donors (Lipinski definition) is 1. The highest BCUT2D eigenvalue weighted by Crippen LogP contribution is 2.12. The van der Waals surface area contributed by atoms with Crippen molar-refractivity contribution in [2.75, 3.05) is 6.54 Å². The van der Waals surface area contributed by atoms with Gasteiger partial charge in [0.15, 0.2) is 6.10 Å². The first kappa shape index (κ1) is 17.7. The quantitative estimate of drug-likeness (QED) is 0.834. The lowest BCUT2D eigenvalue weighted by Gasteiger charge is -2.15. The van der Waals surface area contributed by atoms with Crippen molar-refractivity contribution in [2.45, 2.75) is 32.9 Å². The molecule has 2 aromatic rings. The zero-order valence-electron chi connectivity index (χ0n) is 13.7. The van der Waals surface area contributed by atoms with Crippen LogP contribution in [0.3, 0.4) is 0 Å². The van der Waals surface area contributed by atoms with Crippen LogP contribution in [0.2, 0.25) is 0 Å². The van der Waals surface area contributed by atoms with Crippen LogP contribution < -0.4 is 15.6 Å². The van der Waals surface area contributed by atoms with Gasteiger partial charge in [-0.25, -0.2) is 9.37 Å². The van der Waals surface area contributed by atoms with Gasteiger partial charge in [-0.15, -0.1) is 0 Å². The van der Waals surface area contributed by atoms with Gasteiger partial charge < -0.3 is 10.1 Å². The van der Waals surface area contributed by atoms with Crippen LogP contribution in [0.5, 0.6) is 5.75 Å². The molecule has 0 saturated heterocycles. The number of nitrogens with one attached hydrogen (secondary N) is 1. The Balaban J connectivity index is 1.82. The van der Waals surface area contributed by atoms with Gasteiger partial charge in [0, 0.05) is 24.8 Å². The van der Waals surface area contributed by atoms with E-state index >= 15 is 0 Å². The predicted octanol–water partition coefficient (Wildman–Crippen LogP) is 1.53. The number of aryl methyl sites for hydroxylation is 1. The van der Waals surface area contributed by atoms with E-state index in [2.05, 4.69) is 10.3 Å². The van der Waals surface area contributed by atoms with Crippen LogP contribution in [-0.2, 0) is 17.8 Å². The standard InChI is InChI=1S/C17H20FN3O3/c1-3-14-10-16(22)21(11-20-14)9-8-19-17(23)12(2)24-15-6-4-13(18)5-7-15/h4-7,10-12H,3,8-9H2,1-2H3,(H,19,23). The summed E-state index contributed by atoms with van der Waals surface area (Å²) in [4.78, 5) is 28.0. The summed E-state index contributed by atoms with van der Waals surface area (Å²) in [5.74, 6) is -0.271. The second-order valence-electron chi connectivity index (χ2n) is 5.27. The SMILES string of the molecule is CCc1cc(=O)n(CCNC(=O)C(C)Oc2ccc(F)cc2)cn1. The number of hydrogen-bond acceptors (Lipinski definition) is 4. The molecule has 0 fully saturated rings. The zero-order valence-corrected chi connectivity index (χ0v) is 13.7. The van der Waals surface area contributed by atoms with Crippen LogP contribution in [-0.4, -0.2) is 28.1 Å². The summed E-state index contributed by atoms with van der Waals surface area (Å²) in [5.41, 5.74) is 0.591. The highest BCUT2D eigenvalue weighted by Gasteiger charge is 2.14. The predicted molar refractivity (Wildman–Crippen MR) is 87.4 cm³/mol. The molecule has 1 aromatic carbocycles. The third kappa shape index (κ3) is 4.91. The Labute approximate surface area is 139 Å². The van der Waals surface area contributed by atoms with Gasteiger partial charge in [-0.3, -0.25) is 14.2 Å². The molecule has 1 heterocycles. The molecule has 0 saturated carbocycles. The number of halogens is 1. The number of carbonyl (C=O) groups is 1. The average molecular weight is 333 g/mol. The van der Waals surface area contributed by atoms with Gasteiger partial charge in [-0.2, -0.15) is 0 Å². The van der Waals surface area contributed by atoms with Crippen molar-refractivity contribution in [3.05, 3.63) is 58.5 Å². The normalized spacial score (nSPS) is 11.8. The molecule has 1 amide bonds. The van der Waals surface area contributed by atoms with Gasteiger partial charge in [-0.05, 0) is 37.6 Å². The molecule has 0 radical (unpaired) electrons. The first-order valence-electron chi connectivity index (χ1n) is 7.75. The number of benzene rings is 1. The Morgan fingerprint density at radius 3 is 2.71 bits per heavy atom. The van der Waals surface area contributed by atoms with Crippen LogP contribution >= 0.6 is 0 Å². The van der Waals surface area contributed by atoms with E-state index in [4.69, 9.17) is 4.74 Å². The van der Waals surface area contributed by atoms with Gasteiger partial charge in [-0.1, -0.05) is 6.92 Å². The highest BCUT2D eigenvalue weighted by atomic mass is 19.1. The van der Waals surface area contributed by atoms with Gasteiger partial charge in [0.1, 0.15) is 11.6 Å². The molecule has 0 aliphatic heterocycles. The zero-order chi connectivity index (χ0) is 17.5. The second kappa shape index (κ2) is 8.24. The first-order valence-corrected chi connectivity index (χ1v) is 7.75. The summed E-state index contributed by atoms with van der Waals surface area (Å²) in [6, 6.07) is 6.93. The van der Waals surface area contributed by atoms with E-state index in [1.165, 1.54) is 41.2 Å². The van der Waals surface area contributed by atoms with Gasteiger partial charge >= 0.3 is 0 Å². The van der Waals surface area contributed by atoms with Gasteiger partial charge in [0.25, 0.3) is 11.5 Å². The number of ether oxygens (including phenoxy) is 1. The minimum Gasteiger partial charge on any atom is -0.481 e. The summed E-state index contributed by atoms with van der Waals surface area (Å²) >= 11 is 0. The number of carbonyl (C=O) groups excluding carboxylic acids is 1. The lowest BCUT2D eigenvalue weighted by Crippen LogP contribution is -2.38. The minimum atomic E-state index is -0.729. The molecule has 7 heteroatoms. The fourth-order valence-electron chi connectivity index (χ4n) is 2.04. The van der Waals surface area contributed by atoms with E-state index in [0.717, 1.165) is 5.69 Å². The molecule has 1 unspecified atom stereocenters. The molecule has 24 heavy (non-hydrogen) atoms. The average Bonchev–Trinajstić information content (AvgIpc) is 2.58. The minimum absolute atomic E-state index is 0.147. The molecule has 0 bridgehead atoms. The highest BCUT2D eigenvalue weighted by molar-refractivity contribution is 5.80. The maximum absolute atomic E-state index is 12.8. The molecular weight excluding hydrogens is 313 g/mol. The van der Waals surface area contributed by atoms with E-state index in [9.17, 15) is 14.0 Å². The van der Waals surface area contributed by atoms with E-state index in [1.807, 2.05) is 6.92 Å². The maximum Gasteiger partial charge on any atom is 0.260 e. The molecule has 0 spiro atoms. The third-order valence-corrected chi connectivity index (χ3v) is 3.45. The van der Waals surface area contributed by atoms with Crippen LogP contribution in [0, 0.1) is 5.82 Å². The van der Waals surface area contributed by atoms with Crippen molar-refractivity contribution in [3.63, 3.8) is 0 Å². The van der Waals surface area contributed by atoms with Gasteiger partial charge in [0.2, 0.25) is 0 Å². The molecule has 1 N–H and O–H groups in total. The van der Waals surface area contributed by atoms with E-state index < -0.39 is 6.10 Å². The fraction of sp³-hybridized carbons (Fsp3) is 0.353. The summed E-state index contributed by atoms with van der Waals surface area (Å²) < 4.78 is 19.7. The summed E-state index contributed by atoms with van der Waals surface area (Å²) in [7, 11) is 0. The van der Waals surface area contributed by atoms with E-state index in [1.54, 1.807) is 6.92 Å². The Hall–Kier alpha value is -2.70. The van der Waals surface area contributed by atoms with Crippen LogP contribution in [0.4, 0.5) is 4.39 Å². The topological polar surface area (TPSA) is 73.2 Å². The Bertz CT molecular complexity index is 743. The summed E-state index contributed by atoms with van der Waals surface area (Å²) in [5, 5.41) is 2.69. The summed E-state index contributed by atoms with van der Waals surface area (Å²) in [6.07, 6.45) is 1.45. The second-order valence-corrected chi connectivity index (χ2v) is 5.27. The number of amides is 1. The molecule has 2 rings (SSSR count). The van der Waals surface area contributed by atoms with Crippen LogP contribution in [0.25, 0.3) is 0 Å². The first-order chi connectivity index (χ1) is 11.5. The lowest BCUT2D eigenvalue weighted by atomic mass is 10.3. The summed E-state index contributed by atoms with van der Waals surface area (Å²) in [6.45, 7) is 4.13.